The third-order valence-corrected chi connectivity index (χ3v) is 6.52. The van der Waals surface area contributed by atoms with Crippen molar-refractivity contribution in [3.8, 4) is 6.07 Å². The van der Waals surface area contributed by atoms with Crippen molar-refractivity contribution in [2.24, 2.45) is 11.8 Å². The molecule has 2 fully saturated rings. The number of carboxylic acid groups (broad SMARTS) is 1. The van der Waals surface area contributed by atoms with Crippen LogP contribution in [-0.4, -0.2) is 45.5 Å². The smallest absolute Gasteiger partial charge is 0.327 e. The summed E-state index contributed by atoms with van der Waals surface area (Å²) in [7, 11) is 0. The number of amides is 2. The summed E-state index contributed by atoms with van der Waals surface area (Å²) >= 11 is 0. The van der Waals surface area contributed by atoms with Gasteiger partial charge in [-0.1, -0.05) is 42.5 Å². The van der Waals surface area contributed by atoms with E-state index < -0.39 is 46.7 Å². The highest BCUT2D eigenvalue weighted by atomic mass is 16.5. The highest BCUT2D eigenvalue weighted by Gasteiger charge is 2.69. The number of hydrogen-bond donors (Lipinski definition) is 2. The summed E-state index contributed by atoms with van der Waals surface area (Å²) in [5.41, 5.74) is -0.793. The summed E-state index contributed by atoms with van der Waals surface area (Å²) in [6, 6.07) is 17.3. The minimum atomic E-state index is -1.81. The molecule has 2 aliphatic heterocycles. The topological polar surface area (TPSA) is 120 Å². The molecule has 2 aliphatic rings. The van der Waals surface area contributed by atoms with Gasteiger partial charge in [-0.15, -0.1) is 0 Å². The lowest BCUT2D eigenvalue weighted by atomic mass is 9.79. The second-order valence-electron chi connectivity index (χ2n) is 9.80. The number of ether oxygens (including phenoxy) is 1. The number of nitrogens with zero attached hydrogens (tertiary/aromatic N) is 2. The Hall–Kier alpha value is -3.54. The predicted octanol–water partition coefficient (Wildman–Crippen LogP) is 2.64. The number of fused-ring (bicyclic) bond motifs is 1. The summed E-state index contributed by atoms with van der Waals surface area (Å²) in [6.45, 7) is 5.10. The summed E-state index contributed by atoms with van der Waals surface area (Å²) in [6.07, 6.45) is 0. The summed E-state index contributed by atoms with van der Waals surface area (Å²) in [5, 5.41) is 22.8. The molecule has 176 valence electrons. The zero-order valence-corrected chi connectivity index (χ0v) is 19.3. The van der Waals surface area contributed by atoms with Gasteiger partial charge in [-0.2, -0.15) is 5.26 Å². The zero-order valence-electron chi connectivity index (χ0n) is 19.3. The van der Waals surface area contributed by atoms with Gasteiger partial charge in [-0.3, -0.25) is 24.6 Å². The molecule has 2 saturated heterocycles. The molecule has 8 heteroatoms. The fraction of sp³-hybridized carbons (Fsp3) is 0.385. The lowest BCUT2D eigenvalue weighted by molar-refractivity contribution is -0.156. The van der Waals surface area contributed by atoms with E-state index in [0.29, 0.717) is 11.1 Å². The standard InChI is InChI=1S/C26H27N3O5/c1-25(2,3)29-22(30)19-20(23(29)31)26(24(32)33,15-34-14-16-8-5-4-6-9-16)28-21(19)18-11-7-10-17(12-18)13-27/h4-12,19-21,28H,14-15H2,1-3H3,(H,32,33). The summed E-state index contributed by atoms with van der Waals surface area (Å²) < 4.78 is 5.83. The number of nitrogens with one attached hydrogen (secondary N) is 1. The van der Waals surface area contributed by atoms with Crippen molar-refractivity contribution in [1.82, 2.24) is 10.2 Å². The number of benzene rings is 2. The van der Waals surface area contributed by atoms with E-state index in [1.165, 1.54) is 4.90 Å². The van der Waals surface area contributed by atoms with E-state index in [-0.39, 0.29) is 13.2 Å². The van der Waals surface area contributed by atoms with Gasteiger partial charge >= 0.3 is 5.97 Å². The number of rotatable bonds is 6. The molecule has 2 N–H and O–H groups in total. The molecule has 0 spiro atoms. The molecular formula is C26H27N3O5. The van der Waals surface area contributed by atoms with E-state index >= 15 is 0 Å². The molecule has 2 aromatic carbocycles. The Morgan fingerprint density at radius 2 is 1.85 bits per heavy atom. The van der Waals surface area contributed by atoms with Gasteiger partial charge in [0.05, 0.1) is 36.7 Å². The fourth-order valence-electron chi connectivity index (χ4n) is 5.05. The Morgan fingerprint density at radius 3 is 2.47 bits per heavy atom. The van der Waals surface area contributed by atoms with Gasteiger partial charge in [0.15, 0.2) is 5.54 Å². The van der Waals surface area contributed by atoms with Gasteiger partial charge in [0.2, 0.25) is 11.8 Å². The molecule has 0 saturated carbocycles. The summed E-state index contributed by atoms with van der Waals surface area (Å²) in [4.78, 5) is 41.1. The van der Waals surface area contributed by atoms with Crippen molar-refractivity contribution in [2.45, 2.75) is 44.5 Å². The van der Waals surface area contributed by atoms with Crippen molar-refractivity contribution in [2.75, 3.05) is 6.61 Å². The van der Waals surface area contributed by atoms with E-state index in [1.54, 1.807) is 45.0 Å². The molecule has 4 rings (SSSR count). The number of hydrogen-bond acceptors (Lipinski definition) is 6. The molecule has 0 bridgehead atoms. The number of carbonyl (C=O) groups excluding carboxylic acids is 2. The first kappa shape index (κ1) is 23.6. The van der Waals surface area contributed by atoms with E-state index in [2.05, 4.69) is 11.4 Å². The highest BCUT2D eigenvalue weighted by Crippen LogP contribution is 2.50. The molecule has 2 heterocycles. The second-order valence-corrected chi connectivity index (χ2v) is 9.80. The molecule has 0 aliphatic carbocycles. The highest BCUT2D eigenvalue weighted by molar-refractivity contribution is 6.10. The predicted molar refractivity (Wildman–Crippen MR) is 122 cm³/mol. The molecule has 8 nitrogen and oxygen atoms in total. The Morgan fingerprint density at radius 1 is 1.15 bits per heavy atom. The van der Waals surface area contributed by atoms with Gasteiger partial charge in [0.1, 0.15) is 0 Å². The van der Waals surface area contributed by atoms with E-state index in [1.807, 2.05) is 30.3 Å². The molecule has 34 heavy (non-hydrogen) atoms. The maximum atomic E-state index is 13.6. The number of imide groups is 1. The van der Waals surface area contributed by atoms with Crippen LogP contribution in [0.5, 0.6) is 0 Å². The van der Waals surface area contributed by atoms with Crippen LogP contribution >= 0.6 is 0 Å². The number of carbonyl (C=O) groups is 3. The number of aliphatic carboxylic acids is 1. The maximum Gasteiger partial charge on any atom is 0.327 e. The Balaban J connectivity index is 1.76. The quantitative estimate of drug-likeness (QED) is 0.635. The van der Waals surface area contributed by atoms with Crippen LogP contribution in [0.3, 0.4) is 0 Å². The van der Waals surface area contributed by atoms with Gasteiger partial charge in [-0.05, 0) is 44.0 Å². The van der Waals surface area contributed by atoms with Crippen molar-refractivity contribution < 1.29 is 24.2 Å². The number of nitriles is 1. The van der Waals surface area contributed by atoms with Gasteiger partial charge < -0.3 is 9.84 Å². The van der Waals surface area contributed by atoms with E-state index in [9.17, 15) is 24.8 Å². The minimum Gasteiger partial charge on any atom is -0.480 e. The van der Waals surface area contributed by atoms with Gasteiger partial charge in [0, 0.05) is 11.6 Å². The third-order valence-electron chi connectivity index (χ3n) is 6.52. The van der Waals surface area contributed by atoms with Gasteiger partial charge in [0.25, 0.3) is 0 Å². The van der Waals surface area contributed by atoms with E-state index in [4.69, 9.17) is 4.74 Å². The van der Waals surface area contributed by atoms with Crippen LogP contribution in [0, 0.1) is 23.2 Å². The SMILES string of the molecule is CC(C)(C)N1C(=O)C2C(c3cccc(C#N)c3)NC(COCc3ccccc3)(C(=O)O)C2C1=O. The molecule has 0 radical (unpaired) electrons. The molecule has 2 aromatic rings. The number of carboxylic acids is 1. The average Bonchev–Trinajstić information content (AvgIpc) is 3.28. The van der Waals surface area contributed by atoms with Crippen LogP contribution in [0.2, 0.25) is 0 Å². The zero-order chi connectivity index (χ0) is 24.7. The van der Waals surface area contributed by atoms with Crippen LogP contribution < -0.4 is 5.32 Å². The minimum absolute atomic E-state index is 0.161. The first-order chi connectivity index (χ1) is 16.1. The Bertz CT molecular complexity index is 1170. The van der Waals surface area contributed by atoms with Crippen LogP contribution in [0.15, 0.2) is 54.6 Å². The van der Waals surface area contributed by atoms with Crippen molar-refractivity contribution in [3.63, 3.8) is 0 Å². The molecule has 0 aromatic heterocycles. The monoisotopic (exact) mass is 461 g/mol. The maximum absolute atomic E-state index is 13.6. The lowest BCUT2D eigenvalue weighted by Crippen LogP contribution is -2.60. The molecular weight excluding hydrogens is 434 g/mol. The normalized spacial score (nSPS) is 26.4. The summed E-state index contributed by atoms with van der Waals surface area (Å²) in [5.74, 6) is -4.29. The lowest BCUT2D eigenvalue weighted by Gasteiger charge is -2.35. The third kappa shape index (κ3) is 3.87. The first-order valence-corrected chi connectivity index (χ1v) is 11.1. The molecule has 4 unspecified atom stereocenters. The van der Waals surface area contributed by atoms with Crippen LogP contribution in [0.25, 0.3) is 0 Å². The number of likely N-dealkylation sites (tertiary alicyclic amines) is 1. The fourth-order valence-corrected chi connectivity index (χ4v) is 5.05. The van der Waals surface area contributed by atoms with Crippen LogP contribution in [0.4, 0.5) is 0 Å². The van der Waals surface area contributed by atoms with E-state index in [0.717, 1.165) is 5.56 Å². The molecule has 4 atom stereocenters. The average molecular weight is 462 g/mol. The Labute approximate surface area is 198 Å². The first-order valence-electron chi connectivity index (χ1n) is 11.1. The van der Waals surface area contributed by atoms with Gasteiger partial charge in [-0.25, -0.2) is 0 Å². The van der Waals surface area contributed by atoms with Crippen molar-refractivity contribution in [1.29, 1.82) is 5.26 Å². The Kier molecular flexibility index (Phi) is 6.02. The van der Waals surface area contributed by atoms with Crippen LogP contribution in [0.1, 0.15) is 43.5 Å². The van der Waals surface area contributed by atoms with Crippen molar-refractivity contribution in [3.05, 3.63) is 71.3 Å². The van der Waals surface area contributed by atoms with Crippen molar-refractivity contribution >= 4 is 17.8 Å². The largest absolute Gasteiger partial charge is 0.480 e. The molecule has 2 amide bonds. The van der Waals surface area contributed by atoms with Crippen LogP contribution in [-0.2, 0) is 25.7 Å². The second kappa shape index (κ2) is 8.67.